The fourth-order valence-electron chi connectivity index (χ4n) is 1.63. The van der Waals surface area contributed by atoms with Crippen molar-refractivity contribution in [2.75, 3.05) is 0 Å². The molecule has 0 amide bonds. The molecule has 0 aliphatic carbocycles. The normalized spacial score (nSPS) is 10.1. The summed E-state index contributed by atoms with van der Waals surface area (Å²) in [4.78, 5) is 7.49. The first-order valence-electron chi connectivity index (χ1n) is 4.51. The van der Waals surface area contributed by atoms with Gasteiger partial charge < -0.3 is 4.98 Å². The number of nitrogens with zero attached hydrogens (tertiary/aromatic N) is 2. The van der Waals surface area contributed by atoms with E-state index < -0.39 is 0 Å². The van der Waals surface area contributed by atoms with Crippen molar-refractivity contribution in [1.29, 1.82) is 0 Å². The number of pyridine rings is 1. The molecule has 4 heteroatoms. The van der Waals surface area contributed by atoms with E-state index in [4.69, 9.17) is 0 Å². The van der Waals surface area contributed by atoms with Gasteiger partial charge in [0, 0.05) is 24.0 Å². The smallest absolute Gasteiger partial charge is 0.145 e. The van der Waals surface area contributed by atoms with Crippen molar-refractivity contribution in [3.05, 3.63) is 48.9 Å². The molecule has 0 spiro atoms. The van der Waals surface area contributed by atoms with Gasteiger partial charge in [0.05, 0.1) is 0 Å². The number of rotatable bonds is 1. The van der Waals surface area contributed by atoms with Gasteiger partial charge in [-0.05, 0) is 30.3 Å². The molecule has 0 aliphatic rings. The molecule has 0 unspecified atom stereocenters. The number of aromatic amines is 1. The Kier molecular flexibility index (Phi) is 2.47. The lowest BCUT2D eigenvalue weighted by Gasteiger charge is -1.99. The lowest BCUT2D eigenvalue weighted by molar-refractivity contribution is 1.04. The molecule has 3 heterocycles. The van der Waals surface area contributed by atoms with E-state index in [-0.39, 0.29) is 12.4 Å². The predicted molar refractivity (Wildman–Crippen MR) is 62.7 cm³/mol. The number of hydrogen-bond donors (Lipinski definition) is 1. The maximum atomic E-state index is 4.34. The highest BCUT2D eigenvalue weighted by Gasteiger charge is 2.02. The molecule has 0 radical (unpaired) electrons. The van der Waals surface area contributed by atoms with E-state index in [0.717, 1.165) is 16.9 Å². The Balaban J connectivity index is 0.000000853. The van der Waals surface area contributed by atoms with Crippen LogP contribution in [0.5, 0.6) is 0 Å². The molecule has 0 saturated heterocycles. The Morgan fingerprint density at radius 3 is 2.87 bits per heavy atom. The maximum absolute atomic E-state index is 4.34. The van der Waals surface area contributed by atoms with Gasteiger partial charge in [0.1, 0.15) is 11.5 Å². The molecule has 3 aromatic rings. The Bertz CT molecular complexity index is 554. The van der Waals surface area contributed by atoms with E-state index in [1.165, 1.54) is 0 Å². The Labute approximate surface area is 93.2 Å². The molecule has 0 fully saturated rings. The van der Waals surface area contributed by atoms with Gasteiger partial charge in [0.2, 0.25) is 0 Å². The van der Waals surface area contributed by atoms with Crippen molar-refractivity contribution >= 4 is 23.4 Å². The fraction of sp³-hybridized carbons (Fsp3) is 0. The predicted octanol–water partition coefficient (Wildman–Crippen LogP) is 2.78. The minimum Gasteiger partial charge on any atom is -0.348 e. The first-order valence-corrected chi connectivity index (χ1v) is 4.51. The summed E-state index contributed by atoms with van der Waals surface area (Å²) in [5, 5.41) is 1.15. The molecular formula is C11H10ClN3. The van der Waals surface area contributed by atoms with Crippen molar-refractivity contribution in [2.45, 2.75) is 0 Å². The van der Waals surface area contributed by atoms with Crippen LogP contribution in [0.1, 0.15) is 0 Å². The van der Waals surface area contributed by atoms with Crippen LogP contribution in [0.25, 0.3) is 16.9 Å². The van der Waals surface area contributed by atoms with Crippen LogP contribution in [0.15, 0.2) is 48.9 Å². The second-order valence-electron chi connectivity index (χ2n) is 3.16. The van der Waals surface area contributed by atoms with E-state index in [9.17, 15) is 0 Å². The van der Waals surface area contributed by atoms with E-state index >= 15 is 0 Å². The average molecular weight is 220 g/mol. The number of halogens is 1. The highest BCUT2D eigenvalue weighted by atomic mass is 35.5. The van der Waals surface area contributed by atoms with Crippen LogP contribution in [-0.4, -0.2) is 14.5 Å². The molecule has 15 heavy (non-hydrogen) atoms. The molecule has 0 bridgehead atoms. The third-order valence-corrected chi connectivity index (χ3v) is 2.29. The third kappa shape index (κ3) is 1.51. The SMILES string of the molecule is Cl.c1c[nH]c(-n2ccc3cccnc32)c1. The van der Waals surface area contributed by atoms with Gasteiger partial charge in [-0.1, -0.05) is 0 Å². The highest BCUT2D eigenvalue weighted by molar-refractivity contribution is 5.85. The second kappa shape index (κ2) is 3.79. The van der Waals surface area contributed by atoms with Crippen molar-refractivity contribution in [3.63, 3.8) is 0 Å². The third-order valence-electron chi connectivity index (χ3n) is 2.29. The van der Waals surface area contributed by atoms with E-state index in [2.05, 4.69) is 22.1 Å². The zero-order chi connectivity index (χ0) is 9.38. The molecule has 3 rings (SSSR count). The largest absolute Gasteiger partial charge is 0.348 e. The molecule has 1 N–H and O–H groups in total. The van der Waals surface area contributed by atoms with Gasteiger partial charge in [-0.25, -0.2) is 4.98 Å². The maximum Gasteiger partial charge on any atom is 0.145 e. The van der Waals surface area contributed by atoms with Crippen molar-refractivity contribution in [2.24, 2.45) is 0 Å². The van der Waals surface area contributed by atoms with Gasteiger partial charge in [0.15, 0.2) is 0 Å². The van der Waals surface area contributed by atoms with Crippen LogP contribution >= 0.6 is 12.4 Å². The summed E-state index contributed by atoms with van der Waals surface area (Å²) in [6.07, 6.45) is 5.73. The first kappa shape index (κ1) is 9.80. The van der Waals surface area contributed by atoms with Crippen molar-refractivity contribution < 1.29 is 0 Å². The molecule has 3 aromatic heterocycles. The summed E-state index contributed by atoms with van der Waals surface area (Å²) in [7, 11) is 0. The standard InChI is InChI=1S/C11H9N3.ClH/c1-3-9-5-8-14(11(9)13-7-1)10-4-2-6-12-10;/h1-8,12H;1H. The first-order chi connectivity index (χ1) is 6.95. The summed E-state index contributed by atoms with van der Waals surface area (Å²) in [6.45, 7) is 0. The Hall–Kier alpha value is -1.74. The van der Waals surface area contributed by atoms with Crippen molar-refractivity contribution in [1.82, 2.24) is 14.5 Å². The molecule has 76 valence electrons. The highest BCUT2D eigenvalue weighted by Crippen LogP contribution is 2.16. The van der Waals surface area contributed by atoms with Crippen LogP contribution in [0.4, 0.5) is 0 Å². The topological polar surface area (TPSA) is 33.6 Å². The van der Waals surface area contributed by atoms with Gasteiger partial charge >= 0.3 is 0 Å². The average Bonchev–Trinajstić information content (AvgIpc) is 2.85. The quantitative estimate of drug-likeness (QED) is 0.671. The molecule has 0 saturated carbocycles. The van der Waals surface area contributed by atoms with Gasteiger partial charge in [-0.15, -0.1) is 12.4 Å². The Morgan fingerprint density at radius 2 is 2.07 bits per heavy atom. The summed E-state index contributed by atoms with van der Waals surface area (Å²) < 4.78 is 2.04. The van der Waals surface area contributed by atoms with Crippen LogP contribution < -0.4 is 0 Å². The lowest BCUT2D eigenvalue weighted by Crippen LogP contribution is -1.92. The van der Waals surface area contributed by atoms with Gasteiger partial charge in [-0.3, -0.25) is 4.57 Å². The van der Waals surface area contributed by atoms with Crippen LogP contribution in [0.3, 0.4) is 0 Å². The summed E-state index contributed by atoms with van der Waals surface area (Å²) in [6, 6.07) is 10.1. The van der Waals surface area contributed by atoms with E-state index in [1.54, 1.807) is 0 Å². The van der Waals surface area contributed by atoms with Crippen molar-refractivity contribution in [3.8, 4) is 5.82 Å². The van der Waals surface area contributed by atoms with Crippen LogP contribution in [-0.2, 0) is 0 Å². The van der Waals surface area contributed by atoms with Crippen LogP contribution in [0, 0.1) is 0 Å². The van der Waals surface area contributed by atoms with Crippen LogP contribution in [0.2, 0.25) is 0 Å². The van der Waals surface area contributed by atoms with Gasteiger partial charge in [0.25, 0.3) is 0 Å². The minimum absolute atomic E-state index is 0. The zero-order valence-electron chi connectivity index (χ0n) is 7.92. The number of aromatic nitrogens is 3. The molecular weight excluding hydrogens is 210 g/mol. The fourth-order valence-corrected chi connectivity index (χ4v) is 1.63. The lowest BCUT2D eigenvalue weighted by atomic mass is 10.3. The van der Waals surface area contributed by atoms with Gasteiger partial charge in [-0.2, -0.15) is 0 Å². The molecule has 0 atom stereocenters. The molecule has 3 nitrogen and oxygen atoms in total. The summed E-state index contributed by atoms with van der Waals surface area (Å²) in [5.41, 5.74) is 0.981. The Morgan fingerprint density at radius 1 is 1.13 bits per heavy atom. The monoisotopic (exact) mass is 219 g/mol. The number of nitrogens with one attached hydrogen (secondary N) is 1. The second-order valence-corrected chi connectivity index (χ2v) is 3.16. The zero-order valence-corrected chi connectivity index (χ0v) is 8.74. The summed E-state index contributed by atoms with van der Waals surface area (Å²) >= 11 is 0. The minimum atomic E-state index is 0. The van der Waals surface area contributed by atoms with E-state index in [1.807, 2.05) is 41.4 Å². The number of fused-ring (bicyclic) bond motifs is 1. The summed E-state index contributed by atoms with van der Waals surface area (Å²) in [5.74, 6) is 1.04. The molecule has 0 aromatic carbocycles. The van der Waals surface area contributed by atoms with E-state index in [0.29, 0.717) is 0 Å². The molecule has 0 aliphatic heterocycles. The number of H-pyrrole nitrogens is 1. The number of hydrogen-bond acceptors (Lipinski definition) is 1.